The van der Waals surface area contributed by atoms with Crippen LogP contribution in [0.5, 0.6) is 0 Å². The number of likely N-dealkylation sites (tertiary alicyclic amines) is 1. The molecule has 0 spiro atoms. The molecule has 5 heteroatoms. The lowest BCUT2D eigenvalue weighted by molar-refractivity contribution is 0.0937. The monoisotopic (exact) mass is 285 g/mol. The number of carbonyl (C=O) groups excluding carboxylic acids is 1. The maximum Gasteiger partial charge on any atom is 0.251 e. The molecule has 1 saturated heterocycles. The van der Waals surface area contributed by atoms with Crippen LogP contribution < -0.4 is 11.1 Å². The number of amides is 1. The van der Waals surface area contributed by atoms with E-state index in [1.165, 1.54) is 0 Å². The minimum atomic E-state index is -0.00291. The molecule has 0 atom stereocenters. The number of carbonyl (C=O) groups is 1. The van der Waals surface area contributed by atoms with Gasteiger partial charge in [0, 0.05) is 17.8 Å². The Bertz CT molecular complexity index is 510. The lowest BCUT2D eigenvalue weighted by Gasteiger charge is -2.31. The molecular formula is C16H24BN3O. The summed E-state index contributed by atoms with van der Waals surface area (Å²) in [5.41, 5.74) is 9.19. The third-order valence-electron chi connectivity index (χ3n) is 4.37. The molecule has 0 unspecified atom stereocenters. The lowest BCUT2D eigenvalue weighted by Crippen LogP contribution is -2.39. The van der Waals surface area contributed by atoms with Crippen molar-refractivity contribution >= 4 is 19.4 Å². The van der Waals surface area contributed by atoms with Crippen LogP contribution in [0.2, 0.25) is 0 Å². The van der Waals surface area contributed by atoms with Gasteiger partial charge in [-0.1, -0.05) is 0 Å². The van der Waals surface area contributed by atoms with Crippen molar-refractivity contribution in [2.45, 2.75) is 26.7 Å². The highest BCUT2D eigenvalue weighted by Gasteiger charge is 2.19. The van der Waals surface area contributed by atoms with Gasteiger partial charge in [0.05, 0.1) is 7.85 Å². The number of hydrogen-bond acceptors (Lipinski definition) is 3. The van der Waals surface area contributed by atoms with Crippen molar-refractivity contribution in [2.75, 3.05) is 31.8 Å². The second-order valence-electron chi connectivity index (χ2n) is 5.98. The van der Waals surface area contributed by atoms with Crippen molar-refractivity contribution in [2.24, 2.45) is 5.92 Å². The lowest BCUT2D eigenvalue weighted by atomic mass is 9.95. The van der Waals surface area contributed by atoms with E-state index in [4.69, 9.17) is 13.6 Å². The van der Waals surface area contributed by atoms with Crippen molar-refractivity contribution in [1.82, 2.24) is 10.2 Å². The van der Waals surface area contributed by atoms with E-state index in [2.05, 4.69) is 10.2 Å². The molecule has 0 aliphatic carbocycles. The molecule has 21 heavy (non-hydrogen) atoms. The van der Waals surface area contributed by atoms with E-state index >= 15 is 0 Å². The average Bonchev–Trinajstić information content (AvgIpc) is 2.49. The molecule has 3 N–H and O–H groups in total. The van der Waals surface area contributed by atoms with E-state index < -0.39 is 0 Å². The molecule has 1 aliphatic rings. The molecule has 2 radical (unpaired) electrons. The number of piperidine rings is 1. The first kappa shape index (κ1) is 15.9. The van der Waals surface area contributed by atoms with E-state index in [0.29, 0.717) is 12.4 Å². The molecule has 2 rings (SSSR count). The zero-order chi connectivity index (χ0) is 15.4. The van der Waals surface area contributed by atoms with E-state index in [9.17, 15) is 4.79 Å². The van der Waals surface area contributed by atoms with Crippen LogP contribution >= 0.6 is 0 Å². The van der Waals surface area contributed by atoms with Crippen molar-refractivity contribution in [3.05, 3.63) is 28.8 Å². The van der Waals surface area contributed by atoms with Crippen LogP contribution in [0.3, 0.4) is 0 Å². The summed E-state index contributed by atoms with van der Waals surface area (Å²) in [6.07, 6.45) is 2.82. The van der Waals surface area contributed by atoms with Crippen LogP contribution in [0.15, 0.2) is 12.1 Å². The molecule has 1 aromatic carbocycles. The van der Waals surface area contributed by atoms with Gasteiger partial charge in [0.1, 0.15) is 0 Å². The Morgan fingerprint density at radius 3 is 2.62 bits per heavy atom. The Balaban J connectivity index is 1.89. The van der Waals surface area contributed by atoms with E-state index in [1.807, 2.05) is 26.0 Å². The number of hydrogen-bond donors (Lipinski definition) is 2. The summed E-state index contributed by atoms with van der Waals surface area (Å²) in [6, 6.07) is 3.74. The van der Waals surface area contributed by atoms with Crippen molar-refractivity contribution in [3.8, 4) is 0 Å². The van der Waals surface area contributed by atoms with Crippen LogP contribution in [0.1, 0.15) is 34.3 Å². The number of nitrogens with zero attached hydrogens (tertiary/aromatic N) is 1. The molecule has 1 amide bonds. The van der Waals surface area contributed by atoms with Gasteiger partial charge >= 0.3 is 0 Å². The van der Waals surface area contributed by atoms with Crippen LogP contribution in [0.25, 0.3) is 0 Å². The van der Waals surface area contributed by atoms with Gasteiger partial charge in [0.15, 0.2) is 0 Å². The zero-order valence-corrected chi connectivity index (χ0v) is 13.0. The fourth-order valence-electron chi connectivity index (χ4n) is 2.79. The minimum Gasteiger partial charge on any atom is -0.399 e. The Hall–Kier alpha value is -1.49. The van der Waals surface area contributed by atoms with E-state index in [0.717, 1.165) is 54.9 Å². The fourth-order valence-corrected chi connectivity index (χ4v) is 2.79. The standard InChI is InChI=1S/C16H24BN3O/c1-11-8-15(18)12(2)7-14(11)16(21)19-9-13-3-5-20(10-17)6-4-13/h7-8,13H,3-6,9-10,18H2,1-2H3,(H,19,21). The summed E-state index contributed by atoms with van der Waals surface area (Å²) < 4.78 is 0. The van der Waals surface area contributed by atoms with Crippen LogP contribution in [0, 0.1) is 19.8 Å². The third kappa shape index (κ3) is 4.00. The molecule has 4 nitrogen and oxygen atoms in total. The van der Waals surface area contributed by atoms with Gasteiger partial charge in [-0.15, -0.1) is 0 Å². The van der Waals surface area contributed by atoms with Crippen LogP contribution in [-0.4, -0.2) is 44.7 Å². The maximum atomic E-state index is 12.3. The van der Waals surface area contributed by atoms with Gasteiger partial charge in [-0.2, -0.15) is 0 Å². The fraction of sp³-hybridized carbons (Fsp3) is 0.562. The first-order valence-electron chi connectivity index (χ1n) is 7.58. The summed E-state index contributed by atoms with van der Waals surface area (Å²) in [5.74, 6) is 0.545. The third-order valence-corrected chi connectivity index (χ3v) is 4.37. The molecule has 0 saturated carbocycles. The number of nitrogens with one attached hydrogen (secondary N) is 1. The first-order valence-corrected chi connectivity index (χ1v) is 7.58. The summed E-state index contributed by atoms with van der Waals surface area (Å²) in [7, 11) is 5.64. The maximum absolute atomic E-state index is 12.3. The SMILES string of the molecule is [B]CN1CCC(CNC(=O)c2cc(C)c(N)cc2C)CC1. The number of rotatable bonds is 4. The Kier molecular flexibility index (Phi) is 5.29. The summed E-state index contributed by atoms with van der Waals surface area (Å²) >= 11 is 0. The van der Waals surface area contributed by atoms with Gasteiger partial charge in [-0.3, -0.25) is 4.79 Å². The number of nitrogens with two attached hydrogens (primary N) is 1. The number of aryl methyl sites for hydroxylation is 2. The van der Waals surface area contributed by atoms with Gasteiger partial charge in [-0.25, -0.2) is 0 Å². The van der Waals surface area contributed by atoms with Crippen molar-refractivity contribution in [1.29, 1.82) is 0 Å². The smallest absolute Gasteiger partial charge is 0.251 e. The second kappa shape index (κ2) is 6.99. The topological polar surface area (TPSA) is 58.4 Å². The Morgan fingerprint density at radius 1 is 1.33 bits per heavy atom. The number of nitrogen functional groups attached to an aromatic ring is 1. The normalized spacial score (nSPS) is 16.9. The summed E-state index contributed by atoms with van der Waals surface area (Å²) in [6.45, 7) is 6.63. The molecule has 0 aromatic heterocycles. The number of benzene rings is 1. The number of anilines is 1. The van der Waals surface area contributed by atoms with E-state index in [-0.39, 0.29) is 5.91 Å². The zero-order valence-electron chi connectivity index (χ0n) is 13.0. The van der Waals surface area contributed by atoms with Crippen molar-refractivity contribution < 1.29 is 4.79 Å². The van der Waals surface area contributed by atoms with Crippen LogP contribution in [0.4, 0.5) is 5.69 Å². The highest BCUT2D eigenvalue weighted by molar-refractivity contribution is 6.08. The Labute approximate surface area is 128 Å². The second-order valence-corrected chi connectivity index (χ2v) is 5.98. The van der Waals surface area contributed by atoms with Crippen LogP contribution in [-0.2, 0) is 0 Å². The quantitative estimate of drug-likeness (QED) is 0.650. The molecule has 1 fully saturated rings. The molecular weight excluding hydrogens is 261 g/mol. The van der Waals surface area contributed by atoms with Gasteiger partial charge in [-0.05, 0) is 75.4 Å². The molecule has 1 aliphatic heterocycles. The highest BCUT2D eigenvalue weighted by atomic mass is 16.1. The molecule has 0 bridgehead atoms. The summed E-state index contributed by atoms with van der Waals surface area (Å²) in [5, 5.41) is 3.06. The summed E-state index contributed by atoms with van der Waals surface area (Å²) in [4.78, 5) is 14.6. The molecule has 1 aromatic rings. The first-order chi connectivity index (χ1) is 10.0. The predicted octanol–water partition coefficient (Wildman–Crippen LogP) is 1.45. The Morgan fingerprint density at radius 2 is 2.00 bits per heavy atom. The molecule has 1 heterocycles. The van der Waals surface area contributed by atoms with Gasteiger partial charge < -0.3 is 16.0 Å². The molecule has 112 valence electrons. The van der Waals surface area contributed by atoms with Crippen molar-refractivity contribution in [3.63, 3.8) is 0 Å². The van der Waals surface area contributed by atoms with Gasteiger partial charge in [0.2, 0.25) is 0 Å². The minimum absolute atomic E-state index is 0.00291. The highest BCUT2D eigenvalue weighted by Crippen LogP contribution is 2.19. The van der Waals surface area contributed by atoms with Gasteiger partial charge in [0.25, 0.3) is 5.91 Å². The average molecular weight is 285 g/mol. The predicted molar refractivity (Wildman–Crippen MR) is 87.6 cm³/mol. The largest absolute Gasteiger partial charge is 0.399 e. The van der Waals surface area contributed by atoms with E-state index in [1.54, 1.807) is 0 Å².